The maximum Gasteiger partial charge on any atom is 1.00 e. The molecule has 0 fully saturated rings. The smallest absolute Gasteiger partial charge is 0.545 e. The quantitative estimate of drug-likeness (QED) is 0.312. The summed E-state index contributed by atoms with van der Waals surface area (Å²) in [6.07, 6.45) is 10.1. The number of carboxylic acids is 1. The van der Waals surface area contributed by atoms with Crippen LogP contribution in [0.4, 0.5) is 0 Å². The Balaban J connectivity index is 0. The Morgan fingerprint density at radius 3 is 2.20 bits per heavy atom. The van der Waals surface area contributed by atoms with Gasteiger partial charge < -0.3 is 9.90 Å². The van der Waals surface area contributed by atoms with Crippen molar-refractivity contribution < 1.29 is 39.5 Å². The van der Waals surface area contributed by atoms with E-state index in [-0.39, 0.29) is 29.6 Å². The number of carbonyl (C=O) groups is 1. The number of carboxylic acid groups (broad SMARTS) is 1. The molecule has 0 saturated heterocycles. The fraction of sp³-hybridized carbons (Fsp3) is 0.750. The molecule has 15 heavy (non-hydrogen) atoms. The molecule has 0 amide bonds. The normalized spacial score (nSPS) is 10.9. The van der Waals surface area contributed by atoms with E-state index in [1.165, 1.54) is 32.1 Å². The van der Waals surface area contributed by atoms with Gasteiger partial charge in [0, 0.05) is 0 Å². The van der Waals surface area contributed by atoms with E-state index in [1.807, 2.05) is 0 Å². The molecule has 0 saturated carbocycles. The molecule has 0 aromatic carbocycles. The molecule has 3 heteroatoms. The molecule has 0 aliphatic heterocycles. The van der Waals surface area contributed by atoms with Crippen molar-refractivity contribution in [3.63, 3.8) is 0 Å². The summed E-state index contributed by atoms with van der Waals surface area (Å²) in [5.74, 6) is -1.05. The van der Waals surface area contributed by atoms with Crippen LogP contribution in [0.3, 0.4) is 0 Å². The van der Waals surface area contributed by atoms with Gasteiger partial charge in [-0.2, -0.15) is 0 Å². The summed E-state index contributed by atoms with van der Waals surface area (Å²) in [5.41, 5.74) is 0.360. The molecule has 0 aromatic heterocycles. The van der Waals surface area contributed by atoms with Crippen molar-refractivity contribution in [3.05, 3.63) is 11.6 Å². The Hall–Kier alpha value is 0.210. The predicted molar refractivity (Wildman–Crippen MR) is 56.8 cm³/mol. The van der Waals surface area contributed by atoms with Crippen molar-refractivity contribution in [1.82, 2.24) is 0 Å². The van der Waals surface area contributed by atoms with Crippen LogP contribution in [0.25, 0.3) is 0 Å². The van der Waals surface area contributed by atoms with Crippen molar-refractivity contribution in [2.75, 3.05) is 0 Å². The number of unbranched alkanes of at least 4 members (excludes halogenated alkanes) is 6. The van der Waals surface area contributed by atoms with Gasteiger partial charge in [0.05, 0.1) is 5.97 Å². The second-order valence-electron chi connectivity index (χ2n) is 3.73. The fourth-order valence-electron chi connectivity index (χ4n) is 1.33. The van der Waals surface area contributed by atoms with Gasteiger partial charge in [-0.25, -0.2) is 0 Å². The summed E-state index contributed by atoms with van der Waals surface area (Å²) < 4.78 is 0. The zero-order valence-electron chi connectivity index (χ0n) is 10.3. The second-order valence-corrected chi connectivity index (χ2v) is 3.73. The molecular weight excluding hydrogens is 199 g/mol. The maximum absolute atomic E-state index is 10.3. The Kier molecular flexibility index (Phi) is 14.4. The van der Waals surface area contributed by atoms with Crippen LogP contribution in [0.2, 0.25) is 0 Å². The molecule has 0 heterocycles. The van der Waals surface area contributed by atoms with Gasteiger partial charge in [-0.3, -0.25) is 0 Å². The molecule has 0 aliphatic rings. The molecule has 0 spiro atoms. The van der Waals surface area contributed by atoms with Gasteiger partial charge >= 0.3 is 29.6 Å². The summed E-state index contributed by atoms with van der Waals surface area (Å²) >= 11 is 0. The van der Waals surface area contributed by atoms with Crippen LogP contribution in [0.1, 0.15) is 58.8 Å². The van der Waals surface area contributed by atoms with E-state index in [9.17, 15) is 9.90 Å². The maximum atomic E-state index is 10.3. The van der Waals surface area contributed by atoms with Crippen molar-refractivity contribution in [3.8, 4) is 0 Å². The first-order valence-corrected chi connectivity index (χ1v) is 5.56. The number of hydrogen-bond donors (Lipinski definition) is 0. The minimum Gasteiger partial charge on any atom is -0.545 e. The molecule has 0 aromatic rings. The van der Waals surface area contributed by atoms with E-state index in [0.29, 0.717) is 5.57 Å². The van der Waals surface area contributed by atoms with Crippen LogP contribution in [0.5, 0.6) is 0 Å². The first kappa shape index (κ1) is 17.6. The molecular formula is C12H21NaO2. The van der Waals surface area contributed by atoms with Crippen molar-refractivity contribution in [2.45, 2.75) is 58.8 Å². The fourth-order valence-corrected chi connectivity index (χ4v) is 1.33. The SMILES string of the molecule is CCCCCCCCC=C(C)C(=O)[O-].[Na+]. The van der Waals surface area contributed by atoms with E-state index >= 15 is 0 Å². The number of allylic oxidation sites excluding steroid dienone is 1. The van der Waals surface area contributed by atoms with E-state index in [4.69, 9.17) is 0 Å². The average Bonchev–Trinajstić information content (AvgIpc) is 2.16. The van der Waals surface area contributed by atoms with Gasteiger partial charge in [-0.05, 0) is 25.3 Å². The molecule has 0 unspecified atom stereocenters. The van der Waals surface area contributed by atoms with E-state index in [2.05, 4.69) is 6.92 Å². The van der Waals surface area contributed by atoms with Crippen LogP contribution in [-0.4, -0.2) is 5.97 Å². The molecule has 0 bridgehead atoms. The van der Waals surface area contributed by atoms with Crippen LogP contribution in [0, 0.1) is 0 Å². The minimum atomic E-state index is -1.05. The molecule has 0 atom stereocenters. The van der Waals surface area contributed by atoms with Crippen LogP contribution in [-0.2, 0) is 4.79 Å². The average molecular weight is 220 g/mol. The standard InChI is InChI=1S/C12H22O2.Na/c1-3-4-5-6-7-8-9-10-11(2)12(13)14;/h10H,3-9H2,1-2H3,(H,13,14);/q;+1/p-1. The monoisotopic (exact) mass is 220 g/mol. The number of aliphatic carboxylic acids is 1. The van der Waals surface area contributed by atoms with Gasteiger partial charge in [0.2, 0.25) is 0 Å². The third-order valence-electron chi connectivity index (χ3n) is 2.33. The number of hydrogen-bond acceptors (Lipinski definition) is 2. The number of rotatable bonds is 8. The van der Waals surface area contributed by atoms with Crippen molar-refractivity contribution in [1.29, 1.82) is 0 Å². The summed E-state index contributed by atoms with van der Waals surface area (Å²) in [6.45, 7) is 3.79. The Morgan fingerprint density at radius 2 is 1.67 bits per heavy atom. The van der Waals surface area contributed by atoms with Crippen LogP contribution in [0.15, 0.2) is 11.6 Å². The molecule has 82 valence electrons. The van der Waals surface area contributed by atoms with Gasteiger partial charge in [0.1, 0.15) is 0 Å². The van der Waals surface area contributed by atoms with Crippen molar-refractivity contribution >= 4 is 5.97 Å². The van der Waals surface area contributed by atoms with Crippen LogP contribution >= 0.6 is 0 Å². The largest absolute Gasteiger partial charge is 1.00 e. The third-order valence-corrected chi connectivity index (χ3v) is 2.33. The molecule has 0 radical (unpaired) electrons. The third kappa shape index (κ3) is 12.1. The van der Waals surface area contributed by atoms with E-state index < -0.39 is 5.97 Å². The van der Waals surface area contributed by atoms with E-state index in [0.717, 1.165) is 12.8 Å². The summed E-state index contributed by atoms with van der Waals surface area (Å²) in [5, 5.41) is 10.3. The van der Waals surface area contributed by atoms with E-state index in [1.54, 1.807) is 13.0 Å². The first-order valence-electron chi connectivity index (χ1n) is 5.56. The molecule has 0 rings (SSSR count). The van der Waals surface area contributed by atoms with Crippen LogP contribution < -0.4 is 34.7 Å². The Labute approximate surface area is 115 Å². The number of carbonyl (C=O) groups excluding carboxylic acids is 1. The van der Waals surface area contributed by atoms with Gasteiger partial charge in [0.25, 0.3) is 0 Å². The topological polar surface area (TPSA) is 40.1 Å². The van der Waals surface area contributed by atoms with Gasteiger partial charge in [-0.15, -0.1) is 0 Å². The predicted octanol–water partition coefficient (Wildman–Crippen LogP) is -0.563. The summed E-state index contributed by atoms with van der Waals surface area (Å²) in [4.78, 5) is 10.3. The Morgan fingerprint density at radius 1 is 1.13 bits per heavy atom. The minimum absolute atomic E-state index is 0. The molecule has 0 aliphatic carbocycles. The zero-order chi connectivity index (χ0) is 10.8. The second kappa shape index (κ2) is 12.3. The zero-order valence-corrected chi connectivity index (χ0v) is 12.3. The van der Waals surface area contributed by atoms with Crippen molar-refractivity contribution in [2.24, 2.45) is 0 Å². The van der Waals surface area contributed by atoms with Gasteiger partial charge in [0.15, 0.2) is 0 Å². The summed E-state index contributed by atoms with van der Waals surface area (Å²) in [6, 6.07) is 0. The molecule has 2 nitrogen and oxygen atoms in total. The molecule has 0 N–H and O–H groups in total. The Bertz CT molecular complexity index is 188. The summed E-state index contributed by atoms with van der Waals surface area (Å²) in [7, 11) is 0. The van der Waals surface area contributed by atoms with Gasteiger partial charge in [-0.1, -0.05) is 45.1 Å². The first-order chi connectivity index (χ1) is 6.68.